The van der Waals surface area contributed by atoms with E-state index in [1.807, 2.05) is 37.4 Å². The van der Waals surface area contributed by atoms with E-state index in [0.29, 0.717) is 17.4 Å². The highest BCUT2D eigenvalue weighted by Crippen LogP contribution is 2.32. The van der Waals surface area contributed by atoms with E-state index >= 15 is 0 Å². The number of carbonyl (C=O) groups excluding carboxylic acids is 1. The molecule has 1 saturated carbocycles. The second-order valence-electron chi connectivity index (χ2n) is 6.58. The number of pyridine rings is 1. The van der Waals surface area contributed by atoms with E-state index in [2.05, 4.69) is 24.6 Å². The Hall–Kier alpha value is -2.16. The number of aromatic nitrogens is 1. The average Bonchev–Trinajstić information content (AvgIpc) is 3.13. The molecule has 1 fully saturated rings. The average molecular weight is 339 g/mol. The van der Waals surface area contributed by atoms with Crippen molar-refractivity contribution in [3.05, 3.63) is 60.0 Å². The normalized spacial score (nSPS) is 17.0. The first-order valence-corrected chi connectivity index (χ1v) is 9.27. The summed E-state index contributed by atoms with van der Waals surface area (Å²) >= 11 is 0. The lowest BCUT2D eigenvalue weighted by Crippen LogP contribution is -2.13. The summed E-state index contributed by atoms with van der Waals surface area (Å²) in [5.74, 6) is 0.972. The maximum atomic E-state index is 11.3. The van der Waals surface area contributed by atoms with Crippen LogP contribution >= 0.6 is 0 Å². The van der Waals surface area contributed by atoms with E-state index in [-0.39, 0.29) is 6.10 Å². The molecule has 1 aliphatic carbocycles. The summed E-state index contributed by atoms with van der Waals surface area (Å²) in [6.45, 7) is 8.00. The fraction of sp³-hybridized carbons (Fsp3) is 0.455. The van der Waals surface area contributed by atoms with Crippen molar-refractivity contribution in [3.8, 4) is 5.75 Å². The molecule has 0 bridgehead atoms. The topological polar surface area (TPSA) is 39.2 Å². The predicted octanol–water partition coefficient (Wildman–Crippen LogP) is 5.79. The number of allylic oxidation sites excluding steroid dienone is 5. The van der Waals surface area contributed by atoms with Crippen molar-refractivity contribution in [2.75, 3.05) is 0 Å². The maximum absolute atomic E-state index is 11.3. The van der Waals surface area contributed by atoms with Gasteiger partial charge in [0.25, 0.3) is 0 Å². The van der Waals surface area contributed by atoms with Gasteiger partial charge in [-0.25, -0.2) is 4.98 Å². The Morgan fingerprint density at radius 3 is 2.80 bits per heavy atom. The van der Waals surface area contributed by atoms with Gasteiger partial charge in [-0.3, -0.25) is 4.79 Å². The Morgan fingerprint density at radius 2 is 2.20 bits per heavy atom. The Bertz CT molecular complexity index is 639. The molecule has 1 aromatic heterocycles. The van der Waals surface area contributed by atoms with Gasteiger partial charge in [0.15, 0.2) is 6.29 Å². The van der Waals surface area contributed by atoms with Gasteiger partial charge in [-0.2, -0.15) is 0 Å². The van der Waals surface area contributed by atoms with Crippen molar-refractivity contribution in [2.45, 2.75) is 64.4 Å². The van der Waals surface area contributed by atoms with Crippen LogP contribution in [0.3, 0.4) is 0 Å². The molecule has 0 amide bonds. The van der Waals surface area contributed by atoms with Gasteiger partial charge in [0, 0.05) is 6.20 Å². The smallest absolute Gasteiger partial charge is 0.172 e. The van der Waals surface area contributed by atoms with Crippen LogP contribution < -0.4 is 4.74 Å². The van der Waals surface area contributed by atoms with Crippen LogP contribution in [-0.2, 0) is 0 Å². The zero-order valence-corrected chi connectivity index (χ0v) is 15.4. The van der Waals surface area contributed by atoms with Crippen LogP contribution in [0.2, 0.25) is 0 Å². The second kappa shape index (κ2) is 9.97. The van der Waals surface area contributed by atoms with Crippen LogP contribution in [0.1, 0.15) is 74.3 Å². The summed E-state index contributed by atoms with van der Waals surface area (Å²) in [6, 6.07) is 2.02. The second-order valence-corrected chi connectivity index (χ2v) is 6.58. The number of rotatable bonds is 9. The minimum Gasteiger partial charge on any atom is -0.488 e. The largest absolute Gasteiger partial charge is 0.488 e. The Morgan fingerprint density at radius 1 is 1.44 bits per heavy atom. The van der Waals surface area contributed by atoms with E-state index in [1.54, 1.807) is 0 Å². The number of hydrogen-bond acceptors (Lipinski definition) is 3. The molecular weight excluding hydrogens is 310 g/mol. The molecular formula is C22H29NO2. The number of aldehydes is 1. The van der Waals surface area contributed by atoms with Crippen LogP contribution in [-0.4, -0.2) is 17.4 Å². The molecule has 2 rings (SSSR count). The zero-order valence-electron chi connectivity index (χ0n) is 15.4. The molecule has 1 aliphatic rings. The first kappa shape index (κ1) is 19.2. The fourth-order valence-corrected chi connectivity index (χ4v) is 3.40. The lowest BCUT2D eigenvalue weighted by atomic mass is 9.90. The van der Waals surface area contributed by atoms with Crippen LogP contribution in [0, 0.1) is 0 Å². The molecule has 0 saturated heterocycles. The van der Waals surface area contributed by atoms with Crippen molar-refractivity contribution in [3.63, 3.8) is 0 Å². The third kappa shape index (κ3) is 5.42. The van der Waals surface area contributed by atoms with Gasteiger partial charge in [-0.1, -0.05) is 37.8 Å². The highest BCUT2D eigenvalue weighted by Gasteiger charge is 2.20. The summed E-state index contributed by atoms with van der Waals surface area (Å²) < 4.78 is 6.09. The fourth-order valence-electron chi connectivity index (χ4n) is 3.40. The maximum Gasteiger partial charge on any atom is 0.172 e. The van der Waals surface area contributed by atoms with Gasteiger partial charge in [-0.15, -0.1) is 0 Å². The minimum atomic E-state index is 0.218. The standard InChI is InChI=1S/C22H29NO2/c1-4-9-17(10-5-2)13-18(6-3)19-14-22(21(16-24)23-15-19)25-20-11-7-8-12-20/h4-5,9-10,14-16,18,20H,1,6-8,11-13H2,2-3H3/b10-5-,17-9+. The van der Waals surface area contributed by atoms with Gasteiger partial charge >= 0.3 is 0 Å². The van der Waals surface area contributed by atoms with Crippen LogP contribution in [0.25, 0.3) is 0 Å². The van der Waals surface area contributed by atoms with Crippen LogP contribution in [0.5, 0.6) is 5.75 Å². The lowest BCUT2D eigenvalue weighted by Gasteiger charge is -2.19. The van der Waals surface area contributed by atoms with Crippen molar-refractivity contribution in [1.82, 2.24) is 4.98 Å². The molecule has 1 unspecified atom stereocenters. The number of hydrogen-bond donors (Lipinski definition) is 0. The molecule has 0 spiro atoms. The van der Waals surface area contributed by atoms with Gasteiger partial charge in [0.2, 0.25) is 0 Å². The number of carbonyl (C=O) groups is 1. The van der Waals surface area contributed by atoms with Crippen LogP contribution in [0.15, 0.2) is 48.7 Å². The van der Waals surface area contributed by atoms with Crippen molar-refractivity contribution in [2.24, 2.45) is 0 Å². The molecule has 1 aromatic rings. The van der Waals surface area contributed by atoms with E-state index in [0.717, 1.165) is 37.5 Å². The predicted molar refractivity (Wildman–Crippen MR) is 103 cm³/mol. The van der Waals surface area contributed by atoms with Gasteiger partial charge < -0.3 is 4.74 Å². The summed E-state index contributed by atoms with van der Waals surface area (Å²) in [7, 11) is 0. The van der Waals surface area contributed by atoms with Gasteiger partial charge in [0.1, 0.15) is 11.4 Å². The first-order valence-electron chi connectivity index (χ1n) is 9.27. The third-order valence-electron chi connectivity index (χ3n) is 4.77. The molecule has 3 nitrogen and oxygen atoms in total. The summed E-state index contributed by atoms with van der Waals surface area (Å²) in [6.07, 6.45) is 17.3. The van der Waals surface area contributed by atoms with Gasteiger partial charge in [0.05, 0.1) is 6.10 Å². The van der Waals surface area contributed by atoms with E-state index in [9.17, 15) is 4.79 Å². The molecule has 0 aromatic carbocycles. The molecule has 1 atom stereocenters. The van der Waals surface area contributed by atoms with E-state index in [4.69, 9.17) is 4.74 Å². The van der Waals surface area contributed by atoms with Crippen molar-refractivity contribution < 1.29 is 9.53 Å². The Balaban J connectivity index is 2.24. The van der Waals surface area contributed by atoms with Crippen LogP contribution in [0.4, 0.5) is 0 Å². The monoisotopic (exact) mass is 339 g/mol. The van der Waals surface area contributed by atoms with Crippen molar-refractivity contribution in [1.29, 1.82) is 0 Å². The molecule has 0 N–H and O–H groups in total. The molecule has 0 radical (unpaired) electrons. The minimum absolute atomic E-state index is 0.218. The van der Waals surface area contributed by atoms with Crippen molar-refractivity contribution >= 4 is 6.29 Å². The Kier molecular flexibility index (Phi) is 7.65. The lowest BCUT2D eigenvalue weighted by molar-refractivity contribution is 0.111. The number of ether oxygens (including phenoxy) is 1. The number of nitrogens with zero attached hydrogens (tertiary/aromatic N) is 1. The zero-order chi connectivity index (χ0) is 18.1. The third-order valence-corrected chi connectivity index (χ3v) is 4.77. The quantitative estimate of drug-likeness (QED) is 0.422. The molecule has 134 valence electrons. The molecule has 0 aliphatic heterocycles. The molecule has 1 heterocycles. The summed E-state index contributed by atoms with van der Waals surface area (Å²) in [5.41, 5.74) is 2.77. The van der Waals surface area contributed by atoms with E-state index < -0.39 is 0 Å². The highest BCUT2D eigenvalue weighted by atomic mass is 16.5. The Labute approximate surface area is 151 Å². The highest BCUT2D eigenvalue weighted by molar-refractivity contribution is 5.76. The summed E-state index contributed by atoms with van der Waals surface area (Å²) in [4.78, 5) is 15.7. The van der Waals surface area contributed by atoms with Gasteiger partial charge in [-0.05, 0) is 68.6 Å². The first-order chi connectivity index (χ1) is 12.2. The van der Waals surface area contributed by atoms with E-state index in [1.165, 1.54) is 18.4 Å². The summed E-state index contributed by atoms with van der Waals surface area (Å²) in [5, 5.41) is 0. The SMILES string of the molecule is C=C/C=C(\C=C/C)CC(CC)c1cnc(C=O)c(OC2CCCC2)c1. The molecule has 3 heteroatoms. The molecule has 25 heavy (non-hydrogen) atoms.